The smallest absolute Gasteiger partial charge is 0.319 e. The minimum absolute atomic E-state index is 0.0706. The molecule has 3 rings (SSSR count). The summed E-state index contributed by atoms with van der Waals surface area (Å²) in [4.78, 5) is 29.1. The maximum absolute atomic E-state index is 14.4. The van der Waals surface area contributed by atoms with Crippen LogP contribution in [-0.2, 0) is 9.59 Å². The third-order valence-electron chi connectivity index (χ3n) is 6.72. The Kier molecular flexibility index (Phi) is 8.93. The average Bonchev–Trinajstić information content (AvgIpc) is 3.06. The molecule has 0 saturated carbocycles. The van der Waals surface area contributed by atoms with Crippen LogP contribution in [-0.4, -0.2) is 56.5 Å². The molecular weight excluding hydrogens is 477 g/mol. The third-order valence-corrected chi connectivity index (χ3v) is 8.14. The Morgan fingerprint density at radius 1 is 1.25 bits per heavy atom. The lowest BCUT2D eigenvalue weighted by atomic mass is 10.0. The van der Waals surface area contributed by atoms with E-state index >= 15 is 0 Å². The Morgan fingerprint density at radius 2 is 1.97 bits per heavy atom. The molecule has 0 saturated heterocycles. The van der Waals surface area contributed by atoms with E-state index in [-0.39, 0.29) is 23.0 Å². The lowest BCUT2D eigenvalue weighted by Crippen LogP contribution is -2.41. The highest BCUT2D eigenvalue weighted by atomic mass is 32.2. The monoisotopic (exact) mass is 515 g/mol. The van der Waals surface area contributed by atoms with Crippen molar-refractivity contribution in [3.63, 3.8) is 0 Å². The van der Waals surface area contributed by atoms with Gasteiger partial charge in [-0.05, 0) is 63.8 Å². The summed E-state index contributed by atoms with van der Waals surface area (Å²) in [6.45, 7) is 10.2. The number of aryl methyl sites for hydroxylation is 1. The van der Waals surface area contributed by atoms with Gasteiger partial charge in [0, 0.05) is 24.5 Å². The number of nitrogens with one attached hydrogen (secondary N) is 1. The van der Waals surface area contributed by atoms with E-state index in [0.717, 1.165) is 49.1 Å². The first-order valence-electron chi connectivity index (χ1n) is 12.5. The SMILES string of the molecule is CCCCCN1C(C)=C(C(=O)Nc2cc(C)ccc2F)N(C)C1C1=CCC(SC(C)(C)C(=O)O)C=C1. The first-order valence-corrected chi connectivity index (χ1v) is 13.4. The van der Waals surface area contributed by atoms with Gasteiger partial charge in [0.25, 0.3) is 5.91 Å². The van der Waals surface area contributed by atoms with Crippen molar-refractivity contribution in [2.24, 2.45) is 0 Å². The number of hydrogen-bond acceptors (Lipinski definition) is 5. The molecule has 0 aromatic heterocycles. The number of rotatable bonds is 10. The second-order valence-electron chi connectivity index (χ2n) is 10.0. The van der Waals surface area contributed by atoms with Crippen molar-refractivity contribution in [2.45, 2.75) is 76.5 Å². The van der Waals surface area contributed by atoms with Gasteiger partial charge in [-0.1, -0.05) is 44.1 Å². The molecule has 1 aliphatic heterocycles. The van der Waals surface area contributed by atoms with Crippen LogP contribution in [0, 0.1) is 12.7 Å². The van der Waals surface area contributed by atoms with Crippen molar-refractivity contribution in [3.8, 4) is 0 Å². The number of benzene rings is 1. The van der Waals surface area contributed by atoms with Crippen molar-refractivity contribution in [1.29, 1.82) is 0 Å². The van der Waals surface area contributed by atoms with E-state index in [9.17, 15) is 19.1 Å². The van der Waals surface area contributed by atoms with Crippen LogP contribution in [0.3, 0.4) is 0 Å². The molecule has 0 radical (unpaired) electrons. The molecule has 2 unspecified atom stereocenters. The van der Waals surface area contributed by atoms with Gasteiger partial charge in [0.05, 0.1) is 5.69 Å². The molecule has 1 amide bonds. The van der Waals surface area contributed by atoms with E-state index < -0.39 is 16.5 Å². The first-order chi connectivity index (χ1) is 17.0. The Bertz CT molecular complexity index is 1100. The Labute approximate surface area is 218 Å². The molecule has 0 spiro atoms. The zero-order valence-corrected chi connectivity index (χ0v) is 22.9. The number of allylic oxidation sites excluding steroid dienone is 2. The fourth-order valence-corrected chi connectivity index (χ4v) is 5.90. The van der Waals surface area contributed by atoms with Gasteiger partial charge in [-0.25, -0.2) is 4.39 Å². The highest BCUT2D eigenvalue weighted by Crippen LogP contribution is 2.38. The van der Waals surface area contributed by atoms with Crippen LogP contribution in [0.25, 0.3) is 0 Å². The summed E-state index contributed by atoms with van der Waals surface area (Å²) < 4.78 is 13.5. The molecular formula is C28H38FN3O3S. The molecule has 1 aromatic carbocycles. The summed E-state index contributed by atoms with van der Waals surface area (Å²) in [5.74, 6) is -1.62. The second-order valence-corrected chi connectivity index (χ2v) is 11.9. The van der Waals surface area contributed by atoms with Crippen LogP contribution in [0.5, 0.6) is 0 Å². The van der Waals surface area contributed by atoms with E-state index in [4.69, 9.17) is 0 Å². The number of amides is 1. The van der Waals surface area contributed by atoms with Crippen molar-refractivity contribution in [3.05, 3.63) is 64.8 Å². The minimum Gasteiger partial charge on any atom is -0.480 e. The molecule has 0 fully saturated rings. The largest absolute Gasteiger partial charge is 0.480 e. The molecule has 1 heterocycles. The van der Waals surface area contributed by atoms with Gasteiger partial charge in [-0.15, -0.1) is 11.8 Å². The predicted molar refractivity (Wildman–Crippen MR) is 145 cm³/mol. The molecule has 2 aliphatic rings. The van der Waals surface area contributed by atoms with Crippen LogP contribution < -0.4 is 5.32 Å². The summed E-state index contributed by atoms with van der Waals surface area (Å²) in [5.41, 5.74) is 3.50. The minimum atomic E-state index is -0.870. The van der Waals surface area contributed by atoms with Crippen LogP contribution in [0.4, 0.5) is 10.1 Å². The molecule has 196 valence electrons. The zero-order valence-electron chi connectivity index (χ0n) is 22.1. The number of carboxylic acid groups (broad SMARTS) is 1. The number of anilines is 1. The van der Waals surface area contributed by atoms with Gasteiger partial charge in [0.2, 0.25) is 0 Å². The van der Waals surface area contributed by atoms with Gasteiger partial charge < -0.3 is 20.2 Å². The van der Waals surface area contributed by atoms with E-state index in [0.29, 0.717) is 5.70 Å². The van der Waals surface area contributed by atoms with Crippen molar-refractivity contribution in [1.82, 2.24) is 9.80 Å². The lowest BCUT2D eigenvalue weighted by Gasteiger charge is -2.35. The number of hydrogen-bond donors (Lipinski definition) is 2. The summed E-state index contributed by atoms with van der Waals surface area (Å²) in [7, 11) is 1.90. The first kappa shape index (κ1) is 27.8. The number of unbranched alkanes of at least 4 members (excludes halogenated alkanes) is 2. The quantitative estimate of drug-likeness (QED) is 0.377. The van der Waals surface area contributed by atoms with E-state index in [1.807, 2.05) is 25.8 Å². The fourth-order valence-electron chi connectivity index (χ4n) is 4.70. The topological polar surface area (TPSA) is 72.9 Å². The molecule has 0 bridgehead atoms. The molecule has 2 N–H and O–H groups in total. The maximum Gasteiger partial charge on any atom is 0.319 e. The van der Waals surface area contributed by atoms with Crippen molar-refractivity contribution < 1.29 is 19.1 Å². The summed E-state index contributed by atoms with van der Waals surface area (Å²) in [6.07, 6.45) is 10.0. The summed E-state index contributed by atoms with van der Waals surface area (Å²) in [5, 5.41) is 12.3. The second kappa shape index (κ2) is 11.5. The van der Waals surface area contributed by atoms with Crippen LogP contribution in [0.2, 0.25) is 0 Å². The van der Waals surface area contributed by atoms with Crippen LogP contribution in [0.15, 0.2) is 53.4 Å². The van der Waals surface area contributed by atoms with Crippen molar-refractivity contribution in [2.75, 3.05) is 18.9 Å². The van der Waals surface area contributed by atoms with Crippen molar-refractivity contribution >= 4 is 29.3 Å². The van der Waals surface area contributed by atoms with E-state index in [1.165, 1.54) is 17.8 Å². The number of thioether (sulfide) groups is 1. The highest BCUT2D eigenvalue weighted by molar-refractivity contribution is 8.02. The maximum atomic E-state index is 14.4. The molecule has 36 heavy (non-hydrogen) atoms. The number of aliphatic carboxylic acids is 1. The lowest BCUT2D eigenvalue weighted by molar-refractivity contribution is -0.138. The standard InChI is InChI=1S/C28H38FN3O3S/c1-7-8-9-16-32-19(3)24(25(33)30-23-17-18(2)10-15-22(23)29)31(6)26(32)20-11-13-21(14-12-20)36-28(4,5)27(34)35/h10-13,15,17,21,26H,7-9,14,16H2,1-6H3,(H,30,33)(H,34,35). The van der Waals surface area contributed by atoms with Gasteiger partial charge in [0.1, 0.15) is 22.4 Å². The Balaban J connectivity index is 1.83. The predicted octanol–water partition coefficient (Wildman–Crippen LogP) is 5.92. The number of halogens is 1. The van der Waals surface area contributed by atoms with Gasteiger partial charge >= 0.3 is 5.97 Å². The normalized spacial score (nSPS) is 20.1. The van der Waals surface area contributed by atoms with Gasteiger partial charge in [-0.2, -0.15) is 0 Å². The number of nitrogens with zero attached hydrogens (tertiary/aromatic N) is 2. The number of carbonyl (C=O) groups excluding carboxylic acids is 1. The van der Waals surface area contributed by atoms with Gasteiger partial charge in [0.15, 0.2) is 0 Å². The summed E-state index contributed by atoms with van der Waals surface area (Å²) in [6, 6.07) is 4.67. The van der Waals surface area contributed by atoms with Crippen LogP contribution >= 0.6 is 11.8 Å². The molecule has 2 atom stereocenters. The molecule has 1 aliphatic carbocycles. The molecule has 8 heteroatoms. The van der Waals surface area contributed by atoms with E-state index in [2.05, 4.69) is 35.4 Å². The third kappa shape index (κ3) is 6.14. The number of carboxylic acids is 1. The molecule has 1 aromatic rings. The van der Waals surface area contributed by atoms with Gasteiger partial charge in [-0.3, -0.25) is 9.59 Å². The zero-order chi connectivity index (χ0) is 26.6. The number of carbonyl (C=O) groups is 2. The molecule has 6 nitrogen and oxygen atoms in total. The van der Waals surface area contributed by atoms with Crippen LogP contribution in [0.1, 0.15) is 58.9 Å². The Morgan fingerprint density at radius 3 is 2.58 bits per heavy atom. The highest BCUT2D eigenvalue weighted by Gasteiger charge is 2.39. The average molecular weight is 516 g/mol. The number of likely N-dealkylation sites (N-methyl/N-ethyl adjacent to an activating group) is 1. The Hall–Kier alpha value is -2.74. The summed E-state index contributed by atoms with van der Waals surface area (Å²) >= 11 is 1.44. The fraction of sp³-hybridized carbons (Fsp3) is 0.500. The van der Waals surface area contributed by atoms with E-state index in [1.54, 1.807) is 26.0 Å².